The van der Waals surface area contributed by atoms with Crippen LogP contribution in [-0.2, 0) is 0 Å². The fourth-order valence-electron chi connectivity index (χ4n) is 2.77. The third-order valence-electron chi connectivity index (χ3n) is 3.91. The third kappa shape index (κ3) is 4.25. The zero-order chi connectivity index (χ0) is 12.1. The molecule has 1 unspecified atom stereocenters. The summed E-state index contributed by atoms with van der Waals surface area (Å²) in [6.45, 7) is 0. The maximum absolute atomic E-state index is 6.26. The van der Waals surface area contributed by atoms with E-state index in [1.54, 1.807) is 0 Å². The van der Waals surface area contributed by atoms with Gasteiger partial charge in [-0.3, -0.25) is 0 Å². The Morgan fingerprint density at radius 2 is 1.76 bits per heavy atom. The number of hydrogen-bond donors (Lipinski definition) is 1. The first-order chi connectivity index (χ1) is 8.25. The third-order valence-corrected chi connectivity index (χ3v) is 4.63. The molecule has 2 N–H and O–H groups in total. The van der Waals surface area contributed by atoms with Crippen molar-refractivity contribution in [2.24, 2.45) is 11.7 Å². The van der Waals surface area contributed by atoms with Crippen molar-refractivity contribution in [3.63, 3.8) is 0 Å². The Morgan fingerprint density at radius 1 is 1.12 bits per heavy atom. The zero-order valence-corrected chi connectivity index (χ0v) is 12.5. The van der Waals surface area contributed by atoms with Gasteiger partial charge in [0.25, 0.3) is 0 Å². The maximum atomic E-state index is 6.26. The summed E-state index contributed by atoms with van der Waals surface area (Å²) in [7, 11) is 0. The van der Waals surface area contributed by atoms with Crippen LogP contribution in [0.15, 0.2) is 24.3 Å². The van der Waals surface area contributed by atoms with E-state index in [2.05, 4.69) is 46.9 Å². The monoisotopic (exact) mass is 343 g/mol. The molecule has 1 saturated carbocycles. The Bertz CT molecular complexity index is 327. The molecule has 0 saturated heterocycles. The molecule has 0 aromatic heterocycles. The van der Waals surface area contributed by atoms with Gasteiger partial charge in [-0.05, 0) is 59.0 Å². The molecule has 0 heterocycles. The average Bonchev–Trinajstić information content (AvgIpc) is 2.38. The summed E-state index contributed by atoms with van der Waals surface area (Å²) >= 11 is 2.34. The summed E-state index contributed by atoms with van der Waals surface area (Å²) in [4.78, 5) is 0. The minimum Gasteiger partial charge on any atom is -0.324 e. The van der Waals surface area contributed by atoms with Gasteiger partial charge in [0.2, 0.25) is 0 Å². The predicted octanol–water partition coefficient (Wildman–Crippen LogP) is 4.65. The van der Waals surface area contributed by atoms with E-state index in [0.717, 1.165) is 12.3 Å². The van der Waals surface area contributed by atoms with E-state index in [1.165, 1.54) is 47.7 Å². The van der Waals surface area contributed by atoms with Crippen molar-refractivity contribution in [2.75, 3.05) is 0 Å². The molecule has 94 valence electrons. The Balaban J connectivity index is 1.80. The molecule has 1 fully saturated rings. The minimum atomic E-state index is 0.230. The molecular weight excluding hydrogens is 321 g/mol. The number of nitrogens with two attached hydrogens (primary N) is 1. The van der Waals surface area contributed by atoms with Crippen molar-refractivity contribution >= 4 is 22.6 Å². The van der Waals surface area contributed by atoms with E-state index < -0.39 is 0 Å². The van der Waals surface area contributed by atoms with Crippen molar-refractivity contribution in [3.8, 4) is 0 Å². The second kappa shape index (κ2) is 6.74. The normalized spacial score (nSPS) is 19.2. The van der Waals surface area contributed by atoms with E-state index in [0.29, 0.717) is 0 Å². The number of benzene rings is 1. The summed E-state index contributed by atoms with van der Waals surface area (Å²) in [6, 6.07) is 8.88. The summed E-state index contributed by atoms with van der Waals surface area (Å²) in [6.07, 6.45) is 9.63. The molecule has 2 heteroatoms. The number of rotatable bonds is 4. The fourth-order valence-corrected chi connectivity index (χ4v) is 3.13. The first-order valence-electron chi connectivity index (χ1n) is 6.77. The van der Waals surface area contributed by atoms with E-state index in [1.807, 2.05) is 0 Å². The Hall–Kier alpha value is -0.0900. The number of halogens is 1. The second-order valence-electron chi connectivity index (χ2n) is 5.24. The molecule has 0 amide bonds. The molecule has 1 aromatic rings. The summed E-state index contributed by atoms with van der Waals surface area (Å²) in [5.74, 6) is 0.943. The highest BCUT2D eigenvalue weighted by Gasteiger charge is 2.15. The lowest BCUT2D eigenvalue weighted by atomic mass is 9.84. The summed E-state index contributed by atoms with van der Waals surface area (Å²) in [5.41, 5.74) is 7.55. The van der Waals surface area contributed by atoms with Gasteiger partial charge in [-0.1, -0.05) is 44.2 Å². The topological polar surface area (TPSA) is 26.0 Å². The van der Waals surface area contributed by atoms with E-state index >= 15 is 0 Å². The van der Waals surface area contributed by atoms with Gasteiger partial charge >= 0.3 is 0 Å². The van der Waals surface area contributed by atoms with Crippen LogP contribution in [0.25, 0.3) is 0 Å². The molecule has 0 spiro atoms. The smallest absolute Gasteiger partial charge is 0.0294 e. The zero-order valence-electron chi connectivity index (χ0n) is 10.4. The van der Waals surface area contributed by atoms with Gasteiger partial charge in [-0.2, -0.15) is 0 Å². The van der Waals surface area contributed by atoms with Crippen LogP contribution in [0.1, 0.15) is 56.6 Å². The predicted molar refractivity (Wildman–Crippen MR) is 81.9 cm³/mol. The molecule has 0 radical (unpaired) electrons. The first kappa shape index (κ1) is 13.3. The molecule has 2 rings (SSSR count). The maximum Gasteiger partial charge on any atom is 0.0294 e. The van der Waals surface area contributed by atoms with Gasteiger partial charge in [0.05, 0.1) is 0 Å². The Kier molecular flexibility index (Phi) is 5.29. The molecular formula is C15H22IN. The van der Waals surface area contributed by atoms with Gasteiger partial charge in [0.15, 0.2) is 0 Å². The van der Waals surface area contributed by atoms with Gasteiger partial charge in [-0.25, -0.2) is 0 Å². The van der Waals surface area contributed by atoms with Crippen LogP contribution in [-0.4, -0.2) is 0 Å². The van der Waals surface area contributed by atoms with Crippen LogP contribution < -0.4 is 5.73 Å². The van der Waals surface area contributed by atoms with Crippen LogP contribution >= 0.6 is 22.6 Å². The Labute approximate surface area is 118 Å². The summed E-state index contributed by atoms with van der Waals surface area (Å²) in [5, 5.41) is 0. The molecule has 17 heavy (non-hydrogen) atoms. The standard InChI is InChI=1S/C15H22IN/c16-14-9-7-13(8-10-14)15(17)11-6-12-4-2-1-3-5-12/h7-10,12,15H,1-6,11,17H2. The van der Waals surface area contributed by atoms with Crippen molar-refractivity contribution < 1.29 is 0 Å². The lowest BCUT2D eigenvalue weighted by molar-refractivity contribution is 0.324. The molecule has 1 aliphatic carbocycles. The van der Waals surface area contributed by atoms with Crippen molar-refractivity contribution in [3.05, 3.63) is 33.4 Å². The highest BCUT2D eigenvalue weighted by molar-refractivity contribution is 14.1. The molecule has 1 nitrogen and oxygen atoms in total. The largest absolute Gasteiger partial charge is 0.324 e. The summed E-state index contributed by atoms with van der Waals surface area (Å²) < 4.78 is 1.28. The second-order valence-corrected chi connectivity index (χ2v) is 6.49. The van der Waals surface area contributed by atoms with Gasteiger partial charge in [0, 0.05) is 9.61 Å². The first-order valence-corrected chi connectivity index (χ1v) is 7.84. The van der Waals surface area contributed by atoms with Crippen molar-refractivity contribution in [1.29, 1.82) is 0 Å². The highest BCUT2D eigenvalue weighted by atomic mass is 127. The van der Waals surface area contributed by atoms with Gasteiger partial charge < -0.3 is 5.73 Å². The van der Waals surface area contributed by atoms with E-state index in [9.17, 15) is 0 Å². The van der Waals surface area contributed by atoms with Crippen LogP contribution in [0, 0.1) is 9.49 Å². The minimum absolute atomic E-state index is 0.230. The molecule has 0 bridgehead atoms. The lowest BCUT2D eigenvalue weighted by Crippen LogP contribution is -2.14. The molecule has 1 aromatic carbocycles. The molecule has 1 aliphatic rings. The quantitative estimate of drug-likeness (QED) is 0.791. The van der Waals surface area contributed by atoms with Crippen LogP contribution in [0.2, 0.25) is 0 Å². The fraction of sp³-hybridized carbons (Fsp3) is 0.600. The van der Waals surface area contributed by atoms with Crippen LogP contribution in [0.3, 0.4) is 0 Å². The van der Waals surface area contributed by atoms with Gasteiger partial charge in [-0.15, -0.1) is 0 Å². The molecule has 1 atom stereocenters. The van der Waals surface area contributed by atoms with Crippen molar-refractivity contribution in [2.45, 2.75) is 51.0 Å². The van der Waals surface area contributed by atoms with E-state index in [4.69, 9.17) is 5.73 Å². The number of hydrogen-bond acceptors (Lipinski definition) is 1. The highest BCUT2D eigenvalue weighted by Crippen LogP contribution is 2.29. The average molecular weight is 343 g/mol. The SMILES string of the molecule is NC(CCC1CCCCC1)c1ccc(I)cc1. The van der Waals surface area contributed by atoms with Gasteiger partial charge in [0.1, 0.15) is 0 Å². The van der Waals surface area contributed by atoms with Crippen molar-refractivity contribution in [1.82, 2.24) is 0 Å². The molecule has 0 aliphatic heterocycles. The van der Waals surface area contributed by atoms with Crippen LogP contribution in [0.5, 0.6) is 0 Å². The Morgan fingerprint density at radius 3 is 2.41 bits per heavy atom. The van der Waals surface area contributed by atoms with E-state index in [-0.39, 0.29) is 6.04 Å². The lowest BCUT2D eigenvalue weighted by Gasteiger charge is -2.23. The van der Waals surface area contributed by atoms with Crippen LogP contribution in [0.4, 0.5) is 0 Å².